The number of halogens is 1. The van der Waals surface area contributed by atoms with Crippen molar-refractivity contribution in [1.29, 1.82) is 0 Å². The average molecular weight is 270 g/mol. The highest BCUT2D eigenvalue weighted by Gasteiger charge is 2.31. The molecule has 1 aliphatic rings. The summed E-state index contributed by atoms with van der Waals surface area (Å²) in [6, 6.07) is 0.0233. The molecule has 100 valence electrons. The zero-order valence-electron chi connectivity index (χ0n) is 10.9. The Morgan fingerprint density at radius 3 is 2.78 bits per heavy atom. The summed E-state index contributed by atoms with van der Waals surface area (Å²) in [6.45, 7) is 2.01. The zero-order chi connectivity index (χ0) is 13.3. The lowest BCUT2D eigenvalue weighted by molar-refractivity contribution is -0.122. The fraction of sp³-hybridized carbons (Fsp3) is 0.692. The Labute approximate surface area is 112 Å². The Kier molecular flexibility index (Phi) is 4.07. The van der Waals surface area contributed by atoms with Crippen LogP contribution >= 0.6 is 11.6 Å². The minimum Gasteiger partial charge on any atom is -0.327 e. The summed E-state index contributed by atoms with van der Waals surface area (Å²) in [6.07, 6.45) is 4.05. The Bertz CT molecular complexity index is 455. The molecule has 2 unspecified atom stereocenters. The smallest absolute Gasteiger partial charge is 0.143 e. The lowest BCUT2D eigenvalue weighted by Crippen LogP contribution is -2.31. The van der Waals surface area contributed by atoms with Crippen LogP contribution < -0.4 is 5.73 Å². The van der Waals surface area contributed by atoms with Crippen molar-refractivity contribution < 1.29 is 4.79 Å². The lowest BCUT2D eigenvalue weighted by Gasteiger charge is -2.13. The standard InChI is InChI=1S/C13H20ClN3O/c1-3-10-13(14)11(17(2)16-10)7-12(18)8-5-4-6-9(8)15/h8-9H,3-7,15H2,1-2H3. The molecule has 1 saturated carbocycles. The van der Waals surface area contributed by atoms with E-state index in [-0.39, 0.29) is 17.7 Å². The third-order valence-electron chi connectivity index (χ3n) is 3.83. The molecular weight excluding hydrogens is 250 g/mol. The van der Waals surface area contributed by atoms with Crippen LogP contribution in [-0.4, -0.2) is 21.6 Å². The minimum absolute atomic E-state index is 0.000966. The second kappa shape index (κ2) is 5.41. The van der Waals surface area contributed by atoms with Crippen molar-refractivity contribution in [1.82, 2.24) is 9.78 Å². The van der Waals surface area contributed by atoms with Gasteiger partial charge in [0.15, 0.2) is 0 Å². The van der Waals surface area contributed by atoms with Gasteiger partial charge in [-0.15, -0.1) is 0 Å². The van der Waals surface area contributed by atoms with Crippen molar-refractivity contribution in [3.8, 4) is 0 Å². The Balaban J connectivity index is 2.14. The van der Waals surface area contributed by atoms with E-state index in [9.17, 15) is 4.79 Å². The van der Waals surface area contributed by atoms with E-state index in [0.717, 1.165) is 37.1 Å². The molecule has 0 aliphatic heterocycles. The van der Waals surface area contributed by atoms with Gasteiger partial charge in [0.05, 0.1) is 22.8 Å². The van der Waals surface area contributed by atoms with Gasteiger partial charge in [-0.1, -0.05) is 24.9 Å². The van der Waals surface area contributed by atoms with Crippen LogP contribution in [0.2, 0.25) is 5.02 Å². The molecule has 1 fully saturated rings. The van der Waals surface area contributed by atoms with E-state index in [0.29, 0.717) is 11.4 Å². The summed E-state index contributed by atoms with van der Waals surface area (Å²) in [4.78, 5) is 12.2. The first-order valence-electron chi connectivity index (χ1n) is 6.53. The van der Waals surface area contributed by atoms with Gasteiger partial charge >= 0.3 is 0 Å². The molecule has 1 heterocycles. The number of Topliss-reactive ketones (excluding diaryl/α,β-unsaturated/α-hetero) is 1. The van der Waals surface area contributed by atoms with Crippen LogP contribution in [0.3, 0.4) is 0 Å². The highest BCUT2D eigenvalue weighted by Crippen LogP contribution is 2.28. The number of nitrogens with two attached hydrogens (primary N) is 1. The van der Waals surface area contributed by atoms with Crippen molar-refractivity contribution in [3.63, 3.8) is 0 Å². The lowest BCUT2D eigenvalue weighted by atomic mass is 9.95. The number of ketones is 1. The number of carbonyl (C=O) groups is 1. The summed E-state index contributed by atoms with van der Waals surface area (Å²) in [7, 11) is 1.84. The van der Waals surface area contributed by atoms with E-state index in [1.165, 1.54) is 0 Å². The molecule has 2 atom stereocenters. The molecule has 0 aromatic carbocycles. The maximum absolute atomic E-state index is 12.2. The van der Waals surface area contributed by atoms with Gasteiger partial charge in [-0.2, -0.15) is 5.10 Å². The molecular formula is C13H20ClN3O. The van der Waals surface area contributed by atoms with Crippen molar-refractivity contribution in [2.75, 3.05) is 0 Å². The van der Waals surface area contributed by atoms with E-state index in [4.69, 9.17) is 17.3 Å². The van der Waals surface area contributed by atoms with E-state index in [2.05, 4.69) is 5.10 Å². The normalized spacial score (nSPS) is 23.6. The van der Waals surface area contributed by atoms with Crippen molar-refractivity contribution in [2.45, 2.75) is 45.1 Å². The molecule has 1 aliphatic carbocycles. The van der Waals surface area contributed by atoms with E-state index >= 15 is 0 Å². The molecule has 0 saturated heterocycles. The Morgan fingerprint density at radius 2 is 2.28 bits per heavy atom. The first kappa shape index (κ1) is 13.6. The molecule has 5 heteroatoms. The van der Waals surface area contributed by atoms with Gasteiger partial charge in [0.25, 0.3) is 0 Å². The van der Waals surface area contributed by atoms with Gasteiger partial charge in [0.2, 0.25) is 0 Å². The number of carbonyl (C=O) groups excluding carboxylic acids is 1. The van der Waals surface area contributed by atoms with Gasteiger partial charge in [-0.3, -0.25) is 9.48 Å². The highest BCUT2D eigenvalue weighted by atomic mass is 35.5. The topological polar surface area (TPSA) is 60.9 Å². The maximum atomic E-state index is 12.2. The van der Waals surface area contributed by atoms with Crippen LogP contribution in [-0.2, 0) is 24.7 Å². The average Bonchev–Trinajstić information content (AvgIpc) is 2.87. The van der Waals surface area contributed by atoms with Gasteiger partial charge in [-0.05, 0) is 19.3 Å². The molecule has 0 amide bonds. The third-order valence-corrected chi connectivity index (χ3v) is 4.26. The van der Waals surface area contributed by atoms with Crippen LogP contribution in [0.5, 0.6) is 0 Å². The number of hydrogen-bond donors (Lipinski definition) is 1. The quantitative estimate of drug-likeness (QED) is 0.908. The monoisotopic (exact) mass is 269 g/mol. The number of hydrogen-bond acceptors (Lipinski definition) is 3. The predicted molar refractivity (Wildman–Crippen MR) is 71.6 cm³/mol. The molecule has 0 bridgehead atoms. The van der Waals surface area contributed by atoms with Gasteiger partial charge in [0.1, 0.15) is 5.78 Å². The van der Waals surface area contributed by atoms with Gasteiger partial charge in [-0.25, -0.2) is 0 Å². The van der Waals surface area contributed by atoms with Crippen molar-refractivity contribution in [3.05, 3.63) is 16.4 Å². The van der Waals surface area contributed by atoms with Crippen molar-refractivity contribution in [2.24, 2.45) is 18.7 Å². The first-order valence-corrected chi connectivity index (χ1v) is 6.91. The van der Waals surface area contributed by atoms with Crippen LogP contribution in [0.4, 0.5) is 0 Å². The summed E-state index contributed by atoms with van der Waals surface area (Å²) in [5.41, 5.74) is 7.64. The summed E-state index contributed by atoms with van der Waals surface area (Å²) < 4.78 is 1.72. The molecule has 4 nitrogen and oxygen atoms in total. The number of aromatic nitrogens is 2. The van der Waals surface area contributed by atoms with Gasteiger partial charge < -0.3 is 5.73 Å². The molecule has 2 rings (SSSR count). The molecule has 2 N–H and O–H groups in total. The molecule has 18 heavy (non-hydrogen) atoms. The SMILES string of the molecule is CCc1nn(C)c(CC(=O)C2CCCC2N)c1Cl. The van der Waals surface area contributed by atoms with Crippen LogP contribution in [0.25, 0.3) is 0 Å². The molecule has 0 spiro atoms. The fourth-order valence-electron chi connectivity index (χ4n) is 2.70. The molecule has 0 radical (unpaired) electrons. The summed E-state index contributed by atoms with van der Waals surface area (Å²) in [5, 5.41) is 4.97. The van der Waals surface area contributed by atoms with E-state index in [1.54, 1.807) is 4.68 Å². The number of aryl methyl sites for hydroxylation is 2. The zero-order valence-corrected chi connectivity index (χ0v) is 11.7. The van der Waals surface area contributed by atoms with Crippen LogP contribution in [0.1, 0.15) is 37.6 Å². The molecule has 1 aromatic rings. The second-order valence-corrected chi connectivity index (χ2v) is 5.41. The Morgan fingerprint density at radius 1 is 1.56 bits per heavy atom. The summed E-state index contributed by atoms with van der Waals surface area (Å²) >= 11 is 6.25. The summed E-state index contributed by atoms with van der Waals surface area (Å²) in [5.74, 6) is 0.202. The van der Waals surface area contributed by atoms with E-state index in [1.807, 2.05) is 14.0 Å². The van der Waals surface area contributed by atoms with Crippen LogP contribution in [0, 0.1) is 5.92 Å². The largest absolute Gasteiger partial charge is 0.327 e. The van der Waals surface area contributed by atoms with E-state index < -0.39 is 0 Å². The van der Waals surface area contributed by atoms with Gasteiger partial charge in [0, 0.05) is 19.0 Å². The third kappa shape index (κ3) is 2.45. The number of rotatable bonds is 4. The predicted octanol–water partition coefficient (Wildman–Crippen LogP) is 1.87. The first-order chi connectivity index (χ1) is 8.54. The maximum Gasteiger partial charge on any atom is 0.143 e. The molecule has 1 aromatic heterocycles. The highest BCUT2D eigenvalue weighted by molar-refractivity contribution is 6.32. The second-order valence-electron chi connectivity index (χ2n) is 5.03. The fourth-order valence-corrected chi connectivity index (χ4v) is 3.06. The van der Waals surface area contributed by atoms with Crippen molar-refractivity contribution >= 4 is 17.4 Å². The van der Waals surface area contributed by atoms with Crippen LogP contribution in [0.15, 0.2) is 0 Å². The Hall–Kier alpha value is -0.870. The number of nitrogens with zero attached hydrogens (tertiary/aromatic N) is 2. The minimum atomic E-state index is 0.000966.